The molecule has 3 nitrogen and oxygen atoms in total. The Bertz CT molecular complexity index is 334. The Morgan fingerprint density at radius 3 is 2.93 bits per heavy atom. The number of aromatic nitrogens is 1. The van der Waals surface area contributed by atoms with Crippen LogP contribution in [0.15, 0.2) is 24.9 Å². The molecule has 1 rings (SSSR count). The van der Waals surface area contributed by atoms with Gasteiger partial charge in [-0.3, -0.25) is 0 Å². The number of anilines is 2. The van der Waals surface area contributed by atoms with E-state index < -0.39 is 0 Å². The first-order valence-corrected chi connectivity index (χ1v) is 5.27. The van der Waals surface area contributed by atoms with Crippen LogP contribution in [0.3, 0.4) is 0 Å². The minimum atomic E-state index is 0.771. The number of hydrogen-bond acceptors (Lipinski definition) is 3. The van der Waals surface area contributed by atoms with E-state index in [1.165, 1.54) is 0 Å². The third-order valence-electron chi connectivity index (χ3n) is 2.33. The van der Waals surface area contributed by atoms with Crippen LogP contribution >= 0.6 is 0 Å². The number of rotatable bonds is 5. The van der Waals surface area contributed by atoms with E-state index in [-0.39, 0.29) is 0 Å². The zero-order valence-corrected chi connectivity index (χ0v) is 9.53. The molecule has 1 aromatic rings. The predicted molar refractivity (Wildman–Crippen MR) is 66.1 cm³/mol. The quantitative estimate of drug-likeness (QED) is 0.750. The summed E-state index contributed by atoms with van der Waals surface area (Å²) in [7, 11) is 0. The van der Waals surface area contributed by atoms with E-state index in [0.717, 1.165) is 36.6 Å². The van der Waals surface area contributed by atoms with Gasteiger partial charge >= 0.3 is 0 Å². The van der Waals surface area contributed by atoms with Crippen LogP contribution in [0, 0.1) is 6.92 Å². The average Bonchev–Trinajstić information content (AvgIpc) is 2.22. The highest BCUT2D eigenvalue weighted by atomic mass is 15.2. The Morgan fingerprint density at radius 2 is 2.33 bits per heavy atom. The molecule has 0 aliphatic carbocycles. The van der Waals surface area contributed by atoms with Crippen LogP contribution in [0.1, 0.15) is 18.9 Å². The van der Waals surface area contributed by atoms with Crippen molar-refractivity contribution in [3.63, 3.8) is 0 Å². The van der Waals surface area contributed by atoms with E-state index in [4.69, 9.17) is 5.73 Å². The van der Waals surface area contributed by atoms with Gasteiger partial charge in [-0.15, -0.1) is 6.58 Å². The molecule has 0 aromatic carbocycles. The molecule has 0 radical (unpaired) electrons. The molecule has 15 heavy (non-hydrogen) atoms. The van der Waals surface area contributed by atoms with Crippen molar-refractivity contribution in [3.05, 3.63) is 30.5 Å². The SMILES string of the molecule is C=CCN(CCC)c1nccc(C)c1N. The molecule has 0 spiro atoms. The van der Waals surface area contributed by atoms with Crippen LogP contribution in [0.5, 0.6) is 0 Å². The maximum absolute atomic E-state index is 6.01. The maximum Gasteiger partial charge on any atom is 0.152 e. The summed E-state index contributed by atoms with van der Waals surface area (Å²) < 4.78 is 0. The second kappa shape index (κ2) is 5.39. The highest BCUT2D eigenvalue weighted by Crippen LogP contribution is 2.23. The van der Waals surface area contributed by atoms with Gasteiger partial charge in [0.25, 0.3) is 0 Å². The molecule has 1 heterocycles. The van der Waals surface area contributed by atoms with Gasteiger partial charge in [-0.25, -0.2) is 4.98 Å². The lowest BCUT2D eigenvalue weighted by Gasteiger charge is -2.23. The van der Waals surface area contributed by atoms with Crippen LogP contribution < -0.4 is 10.6 Å². The molecule has 0 bridgehead atoms. The van der Waals surface area contributed by atoms with E-state index in [9.17, 15) is 0 Å². The number of nitrogens with two attached hydrogens (primary N) is 1. The summed E-state index contributed by atoms with van der Waals surface area (Å²) in [6, 6.07) is 1.93. The number of hydrogen-bond donors (Lipinski definition) is 1. The Morgan fingerprint density at radius 1 is 1.60 bits per heavy atom. The van der Waals surface area contributed by atoms with Crippen molar-refractivity contribution >= 4 is 11.5 Å². The number of aryl methyl sites for hydroxylation is 1. The molecule has 3 heteroatoms. The van der Waals surface area contributed by atoms with Crippen LogP contribution in [-0.4, -0.2) is 18.1 Å². The molecule has 0 saturated heterocycles. The van der Waals surface area contributed by atoms with E-state index in [2.05, 4.69) is 23.4 Å². The zero-order chi connectivity index (χ0) is 11.3. The van der Waals surface area contributed by atoms with Crippen molar-refractivity contribution in [1.82, 2.24) is 4.98 Å². The fourth-order valence-electron chi connectivity index (χ4n) is 1.52. The van der Waals surface area contributed by atoms with Gasteiger partial charge in [0, 0.05) is 19.3 Å². The first kappa shape index (κ1) is 11.6. The first-order valence-electron chi connectivity index (χ1n) is 5.27. The summed E-state index contributed by atoms with van der Waals surface area (Å²) in [5, 5.41) is 0. The van der Waals surface area contributed by atoms with Gasteiger partial charge in [0.15, 0.2) is 5.82 Å². The highest BCUT2D eigenvalue weighted by Gasteiger charge is 2.10. The van der Waals surface area contributed by atoms with Crippen LogP contribution in [0.25, 0.3) is 0 Å². The summed E-state index contributed by atoms with van der Waals surface area (Å²) in [5.41, 5.74) is 7.85. The predicted octanol–water partition coefficient (Wildman–Crippen LogP) is 2.37. The first-order chi connectivity index (χ1) is 7.20. The molecular weight excluding hydrogens is 186 g/mol. The van der Waals surface area contributed by atoms with Gasteiger partial charge in [-0.2, -0.15) is 0 Å². The van der Waals surface area contributed by atoms with Crippen LogP contribution in [-0.2, 0) is 0 Å². The summed E-state index contributed by atoms with van der Waals surface area (Å²) in [6.45, 7) is 9.63. The van der Waals surface area contributed by atoms with Gasteiger partial charge < -0.3 is 10.6 Å². The molecule has 0 atom stereocenters. The van der Waals surface area contributed by atoms with Crippen molar-refractivity contribution in [1.29, 1.82) is 0 Å². The Labute approximate surface area is 91.6 Å². The second-order valence-electron chi connectivity index (χ2n) is 3.60. The molecule has 0 aliphatic rings. The highest BCUT2D eigenvalue weighted by molar-refractivity contribution is 5.66. The molecule has 0 fully saturated rings. The summed E-state index contributed by atoms with van der Waals surface area (Å²) >= 11 is 0. The topological polar surface area (TPSA) is 42.2 Å². The summed E-state index contributed by atoms with van der Waals surface area (Å²) in [6.07, 6.45) is 4.74. The Hall–Kier alpha value is -1.51. The van der Waals surface area contributed by atoms with Crippen molar-refractivity contribution in [2.75, 3.05) is 23.7 Å². The normalized spacial score (nSPS) is 10.0. The average molecular weight is 205 g/mol. The van der Waals surface area contributed by atoms with Crippen molar-refractivity contribution in [2.24, 2.45) is 0 Å². The largest absolute Gasteiger partial charge is 0.396 e. The van der Waals surface area contributed by atoms with Gasteiger partial charge in [0.2, 0.25) is 0 Å². The standard InChI is InChI=1S/C12H19N3/c1-4-8-15(9-5-2)12-11(13)10(3)6-7-14-12/h4,6-7H,1,5,8-9,13H2,2-3H3. The zero-order valence-electron chi connectivity index (χ0n) is 9.53. The number of pyridine rings is 1. The molecule has 0 saturated carbocycles. The monoisotopic (exact) mass is 205 g/mol. The fraction of sp³-hybridized carbons (Fsp3) is 0.417. The van der Waals surface area contributed by atoms with Gasteiger partial charge in [-0.1, -0.05) is 13.0 Å². The molecule has 0 aliphatic heterocycles. The number of nitrogen functional groups attached to an aromatic ring is 1. The van der Waals surface area contributed by atoms with Gasteiger partial charge in [-0.05, 0) is 25.0 Å². The lowest BCUT2D eigenvalue weighted by atomic mass is 10.2. The smallest absolute Gasteiger partial charge is 0.152 e. The fourth-order valence-corrected chi connectivity index (χ4v) is 1.52. The van der Waals surface area contributed by atoms with Crippen molar-refractivity contribution in [3.8, 4) is 0 Å². The van der Waals surface area contributed by atoms with E-state index in [1.807, 2.05) is 19.1 Å². The second-order valence-corrected chi connectivity index (χ2v) is 3.60. The molecule has 82 valence electrons. The minimum absolute atomic E-state index is 0.771. The molecule has 1 aromatic heterocycles. The van der Waals surface area contributed by atoms with Crippen LogP contribution in [0.4, 0.5) is 11.5 Å². The molecule has 2 N–H and O–H groups in total. The summed E-state index contributed by atoms with van der Waals surface area (Å²) in [4.78, 5) is 6.48. The van der Waals surface area contributed by atoms with Gasteiger partial charge in [0.1, 0.15) is 0 Å². The lowest BCUT2D eigenvalue weighted by Crippen LogP contribution is -2.26. The Balaban J connectivity index is 2.99. The van der Waals surface area contributed by atoms with E-state index in [1.54, 1.807) is 6.20 Å². The van der Waals surface area contributed by atoms with Gasteiger partial charge in [0.05, 0.1) is 5.69 Å². The van der Waals surface area contributed by atoms with Crippen LogP contribution in [0.2, 0.25) is 0 Å². The van der Waals surface area contributed by atoms with Crippen molar-refractivity contribution < 1.29 is 0 Å². The minimum Gasteiger partial charge on any atom is -0.396 e. The lowest BCUT2D eigenvalue weighted by molar-refractivity contribution is 0.803. The van der Waals surface area contributed by atoms with E-state index >= 15 is 0 Å². The molecule has 0 amide bonds. The molecule has 0 unspecified atom stereocenters. The summed E-state index contributed by atoms with van der Waals surface area (Å²) in [5.74, 6) is 0.872. The number of nitrogens with zero attached hydrogens (tertiary/aromatic N) is 2. The maximum atomic E-state index is 6.01. The van der Waals surface area contributed by atoms with E-state index in [0.29, 0.717) is 0 Å². The third kappa shape index (κ3) is 2.72. The Kier molecular flexibility index (Phi) is 4.16. The third-order valence-corrected chi connectivity index (χ3v) is 2.33. The molecular formula is C12H19N3. The van der Waals surface area contributed by atoms with Crippen molar-refractivity contribution in [2.45, 2.75) is 20.3 Å².